The minimum Gasteiger partial charge on any atom is -0.294 e. The van der Waals surface area contributed by atoms with Crippen molar-refractivity contribution >= 4 is 44.9 Å². The second kappa shape index (κ2) is 4.82. The molecule has 0 aliphatic heterocycles. The van der Waals surface area contributed by atoms with Gasteiger partial charge < -0.3 is 0 Å². The maximum atomic E-state index is 12.4. The van der Waals surface area contributed by atoms with Gasteiger partial charge in [-0.15, -0.1) is 11.3 Å². The summed E-state index contributed by atoms with van der Waals surface area (Å²) < 4.78 is 1.89. The van der Waals surface area contributed by atoms with Crippen LogP contribution in [0.4, 0.5) is 0 Å². The molecule has 3 nitrogen and oxygen atoms in total. The van der Waals surface area contributed by atoms with Crippen LogP contribution in [0.3, 0.4) is 0 Å². The van der Waals surface area contributed by atoms with Gasteiger partial charge in [-0.2, -0.15) is 0 Å². The van der Waals surface area contributed by atoms with Crippen LogP contribution in [0.1, 0.15) is 20.3 Å². The minimum atomic E-state index is -0.876. The summed E-state index contributed by atoms with van der Waals surface area (Å²) in [6.45, 7) is 3.59. The molecule has 0 saturated heterocycles. The number of carbonyl (C=O) groups is 2. The molecule has 0 bridgehead atoms. The lowest BCUT2D eigenvalue weighted by Gasteiger charge is -2.17. The van der Waals surface area contributed by atoms with Gasteiger partial charge >= 0.3 is 0 Å². The number of allylic oxidation sites excluding steroid dienone is 2. The molecule has 1 aliphatic carbocycles. The van der Waals surface area contributed by atoms with Gasteiger partial charge in [0.2, 0.25) is 0 Å². The summed E-state index contributed by atoms with van der Waals surface area (Å²) >= 11 is 2.85. The molecule has 102 valence electrons. The van der Waals surface area contributed by atoms with E-state index in [4.69, 9.17) is 0 Å². The van der Waals surface area contributed by atoms with Crippen LogP contribution in [0.25, 0.3) is 10.2 Å². The lowest BCUT2D eigenvalue weighted by atomic mass is 9.83. The fraction of sp³-hybridized carbons (Fsp3) is 0.267. The Morgan fingerprint density at radius 1 is 1.30 bits per heavy atom. The number of fused-ring (bicyclic) bond motifs is 1. The summed E-state index contributed by atoms with van der Waals surface area (Å²) in [4.78, 5) is 29.3. The Labute approximate surface area is 125 Å². The van der Waals surface area contributed by atoms with Gasteiger partial charge in [-0.1, -0.05) is 30.8 Å². The van der Waals surface area contributed by atoms with Crippen molar-refractivity contribution in [3.63, 3.8) is 0 Å². The van der Waals surface area contributed by atoms with Crippen LogP contribution in [0.2, 0.25) is 0 Å². The van der Waals surface area contributed by atoms with Crippen molar-refractivity contribution < 1.29 is 9.59 Å². The average Bonchev–Trinajstić information content (AvgIpc) is 2.94. The molecule has 0 unspecified atom stereocenters. The first-order valence-corrected chi connectivity index (χ1v) is 8.02. The van der Waals surface area contributed by atoms with E-state index in [1.54, 1.807) is 18.3 Å². The number of Topliss-reactive ketones (excluding diaryl/α,β-unsaturated/α-hetero) is 1. The zero-order valence-corrected chi connectivity index (χ0v) is 12.8. The predicted molar refractivity (Wildman–Crippen MR) is 82.0 cm³/mol. The average molecular weight is 303 g/mol. The smallest absolute Gasteiger partial charge is 0.183 e. The Kier molecular flexibility index (Phi) is 3.26. The van der Waals surface area contributed by atoms with E-state index in [0.29, 0.717) is 11.3 Å². The van der Waals surface area contributed by atoms with Crippen molar-refractivity contribution in [2.45, 2.75) is 24.6 Å². The second-order valence-electron chi connectivity index (χ2n) is 4.94. The van der Waals surface area contributed by atoms with Gasteiger partial charge in [-0.25, -0.2) is 4.98 Å². The molecule has 0 N–H and O–H groups in total. The van der Waals surface area contributed by atoms with Crippen LogP contribution in [0.5, 0.6) is 0 Å². The number of rotatable bonds is 3. The molecule has 1 aromatic heterocycles. The summed E-state index contributed by atoms with van der Waals surface area (Å²) in [5, 5.41) is 0. The molecule has 1 aliphatic rings. The SMILES string of the molecule is CC[C@]1(C)C(=O)C=C(Sc2nc3ccccc3s2)C1=O. The molecule has 3 rings (SSSR count). The normalized spacial score (nSPS) is 22.6. The molecule has 20 heavy (non-hydrogen) atoms. The number of hydrogen-bond acceptors (Lipinski definition) is 5. The maximum Gasteiger partial charge on any atom is 0.183 e. The molecule has 2 aromatic rings. The summed E-state index contributed by atoms with van der Waals surface area (Å²) in [5.41, 5.74) is 0.0505. The van der Waals surface area contributed by atoms with Crippen molar-refractivity contribution in [2.75, 3.05) is 0 Å². The fourth-order valence-corrected chi connectivity index (χ4v) is 4.35. The standard InChI is InChI=1S/C15H13NO2S2/c1-3-15(2)12(17)8-11(13(15)18)20-14-16-9-6-4-5-7-10(9)19-14/h4-8H,3H2,1-2H3/t15-/m1/s1. The van der Waals surface area contributed by atoms with E-state index < -0.39 is 5.41 Å². The summed E-state index contributed by atoms with van der Waals surface area (Å²) in [7, 11) is 0. The van der Waals surface area contributed by atoms with Crippen molar-refractivity contribution in [1.82, 2.24) is 4.98 Å². The van der Waals surface area contributed by atoms with E-state index in [2.05, 4.69) is 4.98 Å². The highest BCUT2D eigenvalue weighted by atomic mass is 32.2. The van der Waals surface area contributed by atoms with Crippen LogP contribution in [0, 0.1) is 5.41 Å². The summed E-state index contributed by atoms with van der Waals surface area (Å²) in [5.74, 6) is -0.164. The van der Waals surface area contributed by atoms with Gasteiger partial charge in [-0.05, 0) is 31.6 Å². The van der Waals surface area contributed by atoms with E-state index in [-0.39, 0.29) is 11.6 Å². The van der Waals surface area contributed by atoms with Gasteiger partial charge in [-0.3, -0.25) is 9.59 Å². The highest BCUT2D eigenvalue weighted by Crippen LogP contribution is 2.42. The van der Waals surface area contributed by atoms with Gasteiger partial charge in [0.25, 0.3) is 0 Å². The van der Waals surface area contributed by atoms with Gasteiger partial charge in [0.15, 0.2) is 15.9 Å². The van der Waals surface area contributed by atoms with E-state index in [1.807, 2.05) is 31.2 Å². The number of hydrogen-bond donors (Lipinski definition) is 0. The lowest BCUT2D eigenvalue weighted by Crippen LogP contribution is -2.29. The minimum absolute atomic E-state index is 0.0748. The number of benzene rings is 1. The van der Waals surface area contributed by atoms with Gasteiger partial charge in [0, 0.05) is 0 Å². The molecule has 0 fully saturated rings. The lowest BCUT2D eigenvalue weighted by molar-refractivity contribution is -0.132. The predicted octanol–water partition coefficient (Wildman–Crippen LogP) is 3.84. The Morgan fingerprint density at radius 2 is 2.05 bits per heavy atom. The third-order valence-electron chi connectivity index (χ3n) is 3.71. The van der Waals surface area contributed by atoms with Crippen molar-refractivity contribution in [3.05, 3.63) is 35.2 Å². The van der Waals surface area contributed by atoms with Crippen LogP contribution < -0.4 is 0 Å². The molecule has 0 saturated carbocycles. The van der Waals surface area contributed by atoms with Crippen LogP contribution >= 0.6 is 23.1 Å². The monoisotopic (exact) mass is 303 g/mol. The first-order valence-electron chi connectivity index (χ1n) is 6.39. The molecule has 1 heterocycles. The van der Waals surface area contributed by atoms with Crippen LogP contribution in [-0.4, -0.2) is 16.6 Å². The first kappa shape index (κ1) is 13.5. The molecule has 0 spiro atoms. The number of aromatic nitrogens is 1. The molecule has 0 radical (unpaired) electrons. The van der Waals surface area contributed by atoms with E-state index in [9.17, 15) is 9.59 Å². The Balaban J connectivity index is 1.90. The molecular weight excluding hydrogens is 290 g/mol. The zero-order valence-electron chi connectivity index (χ0n) is 11.2. The van der Waals surface area contributed by atoms with Crippen molar-refractivity contribution in [3.8, 4) is 0 Å². The van der Waals surface area contributed by atoms with Crippen molar-refractivity contribution in [1.29, 1.82) is 0 Å². The van der Waals surface area contributed by atoms with Crippen LogP contribution in [-0.2, 0) is 9.59 Å². The number of carbonyl (C=O) groups excluding carboxylic acids is 2. The summed E-state index contributed by atoms with van der Waals surface area (Å²) in [6, 6.07) is 7.85. The molecule has 5 heteroatoms. The number of nitrogens with zero attached hydrogens (tertiary/aromatic N) is 1. The molecule has 1 atom stereocenters. The van der Waals surface area contributed by atoms with Crippen molar-refractivity contribution in [2.24, 2.45) is 5.41 Å². The van der Waals surface area contributed by atoms with E-state index in [1.165, 1.54) is 17.8 Å². The Bertz CT molecular complexity index is 714. The maximum absolute atomic E-state index is 12.4. The number of thiazole rings is 1. The van der Waals surface area contributed by atoms with E-state index >= 15 is 0 Å². The quantitative estimate of drug-likeness (QED) is 0.808. The van der Waals surface area contributed by atoms with Gasteiger partial charge in [0.05, 0.1) is 20.5 Å². The second-order valence-corrected chi connectivity index (χ2v) is 7.26. The molecular formula is C15H13NO2S2. The number of ketones is 2. The third-order valence-corrected chi connectivity index (χ3v) is 5.83. The third kappa shape index (κ3) is 2.01. The number of para-hydroxylation sites is 1. The molecule has 1 aromatic carbocycles. The first-order chi connectivity index (χ1) is 9.54. The summed E-state index contributed by atoms with van der Waals surface area (Å²) in [6.07, 6.45) is 2.01. The fourth-order valence-electron chi connectivity index (χ4n) is 2.13. The zero-order chi connectivity index (χ0) is 14.3. The highest BCUT2D eigenvalue weighted by molar-refractivity contribution is 8.05. The largest absolute Gasteiger partial charge is 0.294 e. The van der Waals surface area contributed by atoms with Crippen LogP contribution in [0.15, 0.2) is 39.6 Å². The Hall–Kier alpha value is -1.46. The highest BCUT2D eigenvalue weighted by Gasteiger charge is 2.45. The molecule has 0 amide bonds. The Morgan fingerprint density at radius 3 is 2.70 bits per heavy atom. The topological polar surface area (TPSA) is 47.0 Å². The van der Waals surface area contributed by atoms with Gasteiger partial charge in [0.1, 0.15) is 0 Å². The number of thioether (sulfide) groups is 1. The van der Waals surface area contributed by atoms with E-state index in [0.717, 1.165) is 14.6 Å².